The molecule has 1 aromatic carbocycles. The number of rotatable bonds is 6. The first kappa shape index (κ1) is 12.6. The average Bonchev–Trinajstić information content (AvgIpc) is 2.25. The molecule has 0 heterocycles. The van der Waals surface area contributed by atoms with Crippen LogP contribution in [0.3, 0.4) is 0 Å². The van der Waals surface area contributed by atoms with Gasteiger partial charge in [-0.3, -0.25) is 0 Å². The third-order valence-electron chi connectivity index (χ3n) is 2.51. The molecule has 0 aliphatic rings. The van der Waals surface area contributed by atoms with Crippen LogP contribution >= 0.6 is 11.8 Å². The van der Waals surface area contributed by atoms with Gasteiger partial charge in [-0.25, -0.2) is 0 Å². The number of hydrogen-bond acceptors (Lipinski definition) is 2. The first-order chi connectivity index (χ1) is 7.20. The van der Waals surface area contributed by atoms with Crippen LogP contribution in [0.15, 0.2) is 30.3 Å². The minimum atomic E-state index is -0.202. The Hall–Kier alpha value is -0.470. The molecule has 15 heavy (non-hydrogen) atoms. The van der Waals surface area contributed by atoms with E-state index in [9.17, 15) is 5.11 Å². The molecular formula is C13H20OS. The maximum atomic E-state index is 9.32. The molecule has 0 saturated carbocycles. The molecule has 1 rings (SSSR count). The second-order valence-corrected chi connectivity index (χ2v) is 5.39. The molecule has 0 aliphatic heterocycles. The Labute approximate surface area is 96.9 Å². The quantitative estimate of drug-likeness (QED) is 0.749. The van der Waals surface area contributed by atoms with Gasteiger partial charge in [-0.15, -0.1) is 0 Å². The Morgan fingerprint density at radius 2 is 1.87 bits per heavy atom. The number of hydrogen-bond donors (Lipinski definition) is 1. The number of aliphatic hydroxyl groups excluding tert-OH is 1. The standard InChI is InChI=1S/C13H20OS/c1-11(14)12(2)15-10-6-9-13-7-4-3-5-8-13/h3-5,7-8,11-12,14H,6,9-10H2,1-2H3. The molecular weight excluding hydrogens is 204 g/mol. The molecule has 1 N–H and O–H groups in total. The Balaban J connectivity index is 2.12. The lowest BCUT2D eigenvalue weighted by Gasteiger charge is -2.13. The molecule has 1 nitrogen and oxygen atoms in total. The lowest BCUT2D eigenvalue weighted by molar-refractivity contribution is 0.196. The molecule has 1 aromatic rings. The zero-order valence-corrected chi connectivity index (χ0v) is 10.3. The second-order valence-electron chi connectivity index (χ2n) is 3.91. The molecule has 2 atom stereocenters. The Kier molecular flexibility index (Phi) is 5.81. The van der Waals surface area contributed by atoms with E-state index in [1.165, 1.54) is 12.0 Å². The summed E-state index contributed by atoms with van der Waals surface area (Å²) in [7, 11) is 0. The van der Waals surface area contributed by atoms with Gasteiger partial charge in [0.25, 0.3) is 0 Å². The van der Waals surface area contributed by atoms with E-state index in [0.29, 0.717) is 5.25 Å². The van der Waals surface area contributed by atoms with E-state index in [1.807, 2.05) is 24.8 Å². The van der Waals surface area contributed by atoms with Gasteiger partial charge in [-0.2, -0.15) is 11.8 Å². The van der Waals surface area contributed by atoms with Crippen molar-refractivity contribution < 1.29 is 5.11 Å². The van der Waals surface area contributed by atoms with Crippen LogP contribution in [-0.4, -0.2) is 22.2 Å². The third-order valence-corrected chi connectivity index (χ3v) is 3.96. The summed E-state index contributed by atoms with van der Waals surface area (Å²) in [5, 5.41) is 9.66. The largest absolute Gasteiger partial charge is 0.392 e. The van der Waals surface area contributed by atoms with Crippen LogP contribution in [0.5, 0.6) is 0 Å². The lowest BCUT2D eigenvalue weighted by Crippen LogP contribution is -2.15. The number of benzene rings is 1. The fourth-order valence-electron chi connectivity index (χ4n) is 1.33. The van der Waals surface area contributed by atoms with E-state index in [1.54, 1.807) is 0 Å². The van der Waals surface area contributed by atoms with Crippen LogP contribution in [0, 0.1) is 0 Å². The molecule has 0 saturated heterocycles. The topological polar surface area (TPSA) is 20.2 Å². The van der Waals surface area contributed by atoms with Gasteiger partial charge < -0.3 is 5.11 Å². The summed E-state index contributed by atoms with van der Waals surface area (Å²) >= 11 is 1.85. The monoisotopic (exact) mass is 224 g/mol. The molecule has 0 spiro atoms. The van der Waals surface area contributed by atoms with Crippen molar-refractivity contribution in [3.63, 3.8) is 0 Å². The average molecular weight is 224 g/mol. The number of thioether (sulfide) groups is 1. The molecule has 0 radical (unpaired) electrons. The summed E-state index contributed by atoms with van der Waals surface area (Å²) in [6.07, 6.45) is 2.12. The predicted octanol–water partition coefficient (Wildman–Crippen LogP) is 3.12. The molecule has 2 unspecified atom stereocenters. The summed E-state index contributed by atoms with van der Waals surface area (Å²) in [5.74, 6) is 1.13. The second kappa shape index (κ2) is 6.91. The molecule has 0 aromatic heterocycles. The van der Waals surface area contributed by atoms with E-state index in [-0.39, 0.29) is 6.10 Å². The highest BCUT2D eigenvalue weighted by Gasteiger charge is 2.07. The summed E-state index contributed by atoms with van der Waals surface area (Å²) in [6.45, 7) is 3.94. The molecule has 84 valence electrons. The smallest absolute Gasteiger partial charge is 0.0627 e. The van der Waals surface area contributed by atoms with Crippen LogP contribution in [-0.2, 0) is 6.42 Å². The van der Waals surface area contributed by atoms with Gasteiger partial charge in [-0.05, 0) is 31.1 Å². The zero-order valence-electron chi connectivity index (χ0n) is 9.52. The van der Waals surface area contributed by atoms with Crippen LogP contribution in [0.4, 0.5) is 0 Å². The molecule has 0 fully saturated rings. The predicted molar refractivity (Wildman–Crippen MR) is 68.4 cm³/mol. The highest BCUT2D eigenvalue weighted by Crippen LogP contribution is 2.16. The third kappa shape index (κ3) is 5.24. The molecule has 0 amide bonds. The number of aliphatic hydroxyl groups is 1. The maximum Gasteiger partial charge on any atom is 0.0627 e. The Morgan fingerprint density at radius 1 is 1.20 bits per heavy atom. The number of aryl methyl sites for hydroxylation is 1. The van der Waals surface area contributed by atoms with E-state index in [2.05, 4.69) is 31.2 Å². The van der Waals surface area contributed by atoms with E-state index in [4.69, 9.17) is 0 Å². The first-order valence-electron chi connectivity index (χ1n) is 5.53. The highest BCUT2D eigenvalue weighted by atomic mass is 32.2. The van der Waals surface area contributed by atoms with Crippen molar-refractivity contribution in [3.05, 3.63) is 35.9 Å². The first-order valence-corrected chi connectivity index (χ1v) is 6.58. The van der Waals surface area contributed by atoms with Crippen LogP contribution in [0.2, 0.25) is 0 Å². The molecule has 0 aliphatic carbocycles. The van der Waals surface area contributed by atoms with Gasteiger partial charge in [0.15, 0.2) is 0 Å². The molecule has 0 bridgehead atoms. The minimum absolute atomic E-state index is 0.202. The van der Waals surface area contributed by atoms with E-state index < -0.39 is 0 Å². The van der Waals surface area contributed by atoms with Crippen LogP contribution < -0.4 is 0 Å². The summed E-state index contributed by atoms with van der Waals surface area (Å²) in [4.78, 5) is 0. The van der Waals surface area contributed by atoms with E-state index in [0.717, 1.165) is 12.2 Å². The summed E-state index contributed by atoms with van der Waals surface area (Å²) < 4.78 is 0. The summed E-state index contributed by atoms with van der Waals surface area (Å²) in [6, 6.07) is 10.6. The SMILES string of the molecule is CC(O)C(C)SCCCc1ccccc1. The van der Waals surface area contributed by atoms with Crippen LogP contribution in [0.1, 0.15) is 25.8 Å². The lowest BCUT2D eigenvalue weighted by atomic mass is 10.1. The molecule has 2 heteroatoms. The van der Waals surface area contributed by atoms with Gasteiger partial charge >= 0.3 is 0 Å². The van der Waals surface area contributed by atoms with Crippen molar-refractivity contribution in [3.8, 4) is 0 Å². The van der Waals surface area contributed by atoms with Gasteiger partial charge in [-0.1, -0.05) is 37.3 Å². The fraction of sp³-hybridized carbons (Fsp3) is 0.538. The summed E-state index contributed by atoms with van der Waals surface area (Å²) in [5.41, 5.74) is 1.41. The maximum absolute atomic E-state index is 9.32. The normalized spacial score (nSPS) is 14.9. The fourth-order valence-corrected chi connectivity index (χ4v) is 2.29. The Morgan fingerprint density at radius 3 is 2.47 bits per heavy atom. The van der Waals surface area contributed by atoms with Crippen molar-refractivity contribution in [1.82, 2.24) is 0 Å². The minimum Gasteiger partial charge on any atom is -0.392 e. The van der Waals surface area contributed by atoms with Crippen molar-refractivity contribution in [2.45, 2.75) is 38.0 Å². The highest BCUT2D eigenvalue weighted by molar-refractivity contribution is 7.99. The Bertz CT molecular complexity index is 258. The van der Waals surface area contributed by atoms with Crippen LogP contribution in [0.25, 0.3) is 0 Å². The van der Waals surface area contributed by atoms with Crippen molar-refractivity contribution >= 4 is 11.8 Å². The van der Waals surface area contributed by atoms with Gasteiger partial charge in [0.05, 0.1) is 6.10 Å². The van der Waals surface area contributed by atoms with Gasteiger partial charge in [0.1, 0.15) is 0 Å². The van der Waals surface area contributed by atoms with Gasteiger partial charge in [0.2, 0.25) is 0 Å². The van der Waals surface area contributed by atoms with Gasteiger partial charge in [0, 0.05) is 5.25 Å². The zero-order chi connectivity index (χ0) is 11.1. The van der Waals surface area contributed by atoms with Crippen molar-refractivity contribution in [2.75, 3.05) is 5.75 Å². The van der Waals surface area contributed by atoms with Crippen molar-refractivity contribution in [1.29, 1.82) is 0 Å². The van der Waals surface area contributed by atoms with Crippen molar-refractivity contribution in [2.24, 2.45) is 0 Å². The van der Waals surface area contributed by atoms with E-state index >= 15 is 0 Å².